The number of hydrogen-bond acceptors (Lipinski definition) is 5. The van der Waals surface area contributed by atoms with E-state index in [1.807, 2.05) is 0 Å². The second kappa shape index (κ2) is 6.27. The van der Waals surface area contributed by atoms with Gasteiger partial charge >= 0.3 is 10.2 Å². The lowest BCUT2D eigenvalue weighted by Crippen LogP contribution is -2.06. The predicted molar refractivity (Wildman–Crippen MR) is 99.7 cm³/mol. The molecule has 0 aliphatic rings. The number of nitrogens with one attached hydrogen (secondary N) is 1. The number of nitrogens with zero attached hydrogens (tertiary/aromatic N) is 5. The summed E-state index contributed by atoms with van der Waals surface area (Å²) in [7, 11) is -9.80. The highest BCUT2D eigenvalue weighted by Crippen LogP contribution is 3.02. The van der Waals surface area contributed by atoms with Crippen LogP contribution in [-0.4, -0.2) is 24.8 Å². The van der Waals surface area contributed by atoms with Crippen molar-refractivity contribution in [1.29, 1.82) is 0 Å². The molecular formula is C17H10F8N6S. The van der Waals surface area contributed by atoms with Crippen LogP contribution in [0, 0.1) is 24.5 Å². The lowest BCUT2D eigenvalue weighted by atomic mass is 10.1. The second-order valence-electron chi connectivity index (χ2n) is 6.66. The normalized spacial score (nSPS) is 14.3. The average molecular weight is 482 g/mol. The van der Waals surface area contributed by atoms with Crippen LogP contribution < -0.4 is 5.32 Å². The lowest BCUT2D eigenvalue weighted by molar-refractivity contribution is 0.364. The number of aromatic nitrogens is 5. The number of pyridine rings is 1. The molecule has 0 saturated carbocycles. The molecule has 0 unspecified atom stereocenters. The largest absolute Gasteiger partial charge is 0.323 e. The fourth-order valence-electron chi connectivity index (χ4n) is 2.80. The van der Waals surface area contributed by atoms with Gasteiger partial charge in [0.05, 0.1) is 11.9 Å². The van der Waals surface area contributed by atoms with Crippen LogP contribution in [0.3, 0.4) is 0 Å². The first kappa shape index (κ1) is 21.7. The van der Waals surface area contributed by atoms with Gasteiger partial charge in [0, 0.05) is 16.8 Å². The Morgan fingerprint density at radius 2 is 1.56 bits per heavy atom. The topological polar surface area (TPSA) is 68.0 Å². The molecule has 0 amide bonds. The standard InChI is InChI=1S/C17H10F8N6S/c1-8-13(18)14(19)16(20)28-15(8)9-6-12-29-30-17(31(12)26-7-9)27-10-2-4-11(5-3-10)32(21,22,23,24)25/h2-7H,1H3,(H,27,30). The molecular weight excluding hydrogens is 472 g/mol. The third-order valence-corrected chi connectivity index (χ3v) is 5.52. The van der Waals surface area contributed by atoms with Gasteiger partial charge in [0.15, 0.2) is 11.5 Å². The highest BCUT2D eigenvalue weighted by atomic mass is 32.5. The van der Waals surface area contributed by atoms with Crippen LogP contribution in [0.1, 0.15) is 5.56 Å². The monoisotopic (exact) mass is 482 g/mol. The quantitative estimate of drug-likeness (QED) is 0.273. The van der Waals surface area contributed by atoms with E-state index in [1.165, 1.54) is 13.0 Å². The van der Waals surface area contributed by atoms with Gasteiger partial charge in [-0.2, -0.15) is 18.4 Å². The van der Waals surface area contributed by atoms with Gasteiger partial charge in [0.2, 0.25) is 11.8 Å². The second-order valence-corrected chi connectivity index (χ2v) is 9.07. The summed E-state index contributed by atoms with van der Waals surface area (Å²) in [5, 5.41) is 14.1. The summed E-state index contributed by atoms with van der Waals surface area (Å²) in [5.74, 6) is -4.86. The smallest absolute Gasteiger partial charge is 0.310 e. The van der Waals surface area contributed by atoms with E-state index in [-0.39, 0.29) is 46.2 Å². The molecule has 6 nitrogen and oxygen atoms in total. The summed E-state index contributed by atoms with van der Waals surface area (Å²) in [4.78, 5) is 1.33. The van der Waals surface area contributed by atoms with Crippen molar-refractivity contribution < 1.29 is 32.6 Å². The molecule has 4 aromatic rings. The van der Waals surface area contributed by atoms with Crippen LogP contribution in [0.5, 0.6) is 0 Å². The molecule has 1 N–H and O–H groups in total. The van der Waals surface area contributed by atoms with E-state index in [1.54, 1.807) is 0 Å². The van der Waals surface area contributed by atoms with Gasteiger partial charge in [-0.1, -0.05) is 19.4 Å². The minimum atomic E-state index is -9.80. The molecule has 3 aromatic heterocycles. The van der Waals surface area contributed by atoms with E-state index < -0.39 is 32.7 Å². The molecule has 0 aliphatic heterocycles. The first-order valence-corrected chi connectivity index (χ1v) is 10.4. The van der Waals surface area contributed by atoms with Crippen LogP contribution in [0.15, 0.2) is 41.4 Å². The SMILES string of the molecule is Cc1c(-c2cnn3c(Nc4ccc(S(F)(F)(F)(F)F)cc4)nnc3c2)nc(F)c(F)c1F. The van der Waals surface area contributed by atoms with Crippen molar-refractivity contribution in [2.45, 2.75) is 11.8 Å². The number of anilines is 2. The Labute approximate surface area is 173 Å². The Balaban J connectivity index is 1.67. The van der Waals surface area contributed by atoms with Crippen molar-refractivity contribution >= 4 is 27.5 Å². The van der Waals surface area contributed by atoms with E-state index in [0.29, 0.717) is 0 Å². The molecule has 170 valence electrons. The van der Waals surface area contributed by atoms with Crippen molar-refractivity contribution in [2.24, 2.45) is 0 Å². The van der Waals surface area contributed by atoms with E-state index >= 15 is 0 Å². The number of halogens is 8. The van der Waals surface area contributed by atoms with Crippen LogP contribution in [0.2, 0.25) is 0 Å². The third kappa shape index (κ3) is 3.90. The predicted octanol–water partition coefficient (Wildman–Crippen LogP) is 6.31. The van der Waals surface area contributed by atoms with Crippen molar-refractivity contribution in [3.8, 4) is 11.3 Å². The van der Waals surface area contributed by atoms with Crippen LogP contribution in [-0.2, 0) is 0 Å². The highest BCUT2D eigenvalue weighted by molar-refractivity contribution is 8.45. The molecule has 3 heterocycles. The minimum Gasteiger partial charge on any atom is -0.323 e. The molecule has 4 rings (SSSR count). The van der Waals surface area contributed by atoms with E-state index in [9.17, 15) is 32.6 Å². The van der Waals surface area contributed by atoms with E-state index in [0.717, 1.165) is 22.8 Å². The third-order valence-electron chi connectivity index (χ3n) is 4.36. The Morgan fingerprint density at radius 3 is 2.19 bits per heavy atom. The molecule has 15 heteroatoms. The lowest BCUT2D eigenvalue weighted by Gasteiger charge is -2.40. The van der Waals surface area contributed by atoms with Crippen LogP contribution in [0.25, 0.3) is 16.9 Å². The van der Waals surface area contributed by atoms with Crippen LogP contribution in [0.4, 0.5) is 44.2 Å². The van der Waals surface area contributed by atoms with Gasteiger partial charge in [0.1, 0.15) is 4.90 Å². The molecule has 0 atom stereocenters. The average Bonchev–Trinajstić information content (AvgIpc) is 3.10. The zero-order chi connectivity index (χ0) is 23.5. The highest BCUT2D eigenvalue weighted by Gasteiger charge is 2.65. The van der Waals surface area contributed by atoms with E-state index in [2.05, 4.69) is 25.6 Å². The van der Waals surface area contributed by atoms with Gasteiger partial charge < -0.3 is 5.32 Å². The van der Waals surface area contributed by atoms with Crippen molar-refractivity contribution in [2.75, 3.05) is 5.32 Å². The molecule has 0 saturated heterocycles. The maximum absolute atomic E-state index is 13.8. The van der Waals surface area contributed by atoms with Gasteiger partial charge in [-0.05, 0) is 37.3 Å². The number of hydrogen-bond donors (Lipinski definition) is 1. The van der Waals surface area contributed by atoms with Gasteiger partial charge in [-0.15, -0.1) is 10.2 Å². The zero-order valence-electron chi connectivity index (χ0n) is 15.6. The minimum absolute atomic E-state index is 0.0176. The molecule has 0 spiro atoms. The fourth-order valence-corrected chi connectivity index (χ4v) is 3.45. The van der Waals surface area contributed by atoms with Gasteiger partial charge in [-0.3, -0.25) is 0 Å². The Kier molecular flexibility index (Phi) is 4.26. The molecule has 0 fully saturated rings. The molecule has 1 aromatic carbocycles. The number of fused-ring (bicyclic) bond motifs is 1. The number of benzene rings is 1. The van der Waals surface area contributed by atoms with E-state index in [4.69, 9.17) is 0 Å². The molecule has 0 bridgehead atoms. The van der Waals surface area contributed by atoms with Gasteiger partial charge in [0.25, 0.3) is 5.95 Å². The summed E-state index contributed by atoms with van der Waals surface area (Å²) in [5.41, 5.74) is -0.375. The maximum Gasteiger partial charge on any atom is 0.310 e. The maximum atomic E-state index is 13.8. The fraction of sp³-hybridized carbons (Fsp3) is 0.0588. The van der Waals surface area contributed by atoms with Crippen molar-refractivity contribution in [3.05, 3.63) is 59.7 Å². The van der Waals surface area contributed by atoms with Gasteiger partial charge in [-0.25, -0.2) is 9.37 Å². The van der Waals surface area contributed by atoms with Crippen molar-refractivity contribution in [1.82, 2.24) is 24.8 Å². The summed E-state index contributed by atoms with van der Waals surface area (Å²) in [6.07, 6.45) is 1.13. The van der Waals surface area contributed by atoms with Crippen LogP contribution >= 0.6 is 10.2 Å². The summed E-state index contributed by atoms with van der Waals surface area (Å²) in [6, 6.07) is 3.30. The Bertz CT molecular complexity index is 1370. The molecule has 0 radical (unpaired) electrons. The zero-order valence-corrected chi connectivity index (χ0v) is 16.4. The Hall–Kier alpha value is -3.49. The Morgan fingerprint density at radius 1 is 0.906 bits per heavy atom. The molecule has 0 aliphatic carbocycles. The first-order chi connectivity index (χ1) is 14.6. The number of rotatable bonds is 4. The molecule has 32 heavy (non-hydrogen) atoms. The first-order valence-electron chi connectivity index (χ1n) is 8.48. The van der Waals surface area contributed by atoms with Crippen molar-refractivity contribution in [3.63, 3.8) is 0 Å². The summed E-state index contributed by atoms with van der Waals surface area (Å²) >= 11 is 0. The summed E-state index contributed by atoms with van der Waals surface area (Å²) in [6.45, 7) is 1.19. The summed E-state index contributed by atoms with van der Waals surface area (Å²) < 4.78 is 106.